The van der Waals surface area contributed by atoms with Crippen LogP contribution in [0.4, 0.5) is 4.79 Å². The first kappa shape index (κ1) is 17.2. The first-order valence-electron chi connectivity index (χ1n) is 7.22. The molecule has 1 aliphatic rings. The van der Waals surface area contributed by atoms with E-state index >= 15 is 0 Å². The number of carbonyl (C=O) groups excluding carboxylic acids is 2. The Morgan fingerprint density at radius 2 is 1.76 bits per heavy atom. The fourth-order valence-electron chi connectivity index (χ4n) is 2.23. The molecule has 1 saturated heterocycles. The number of carboxylic acid groups (broad SMARTS) is 1. The zero-order valence-corrected chi connectivity index (χ0v) is 12.7. The number of amides is 3. The summed E-state index contributed by atoms with van der Waals surface area (Å²) >= 11 is 0. The monoisotopic (exact) mass is 300 g/mol. The van der Waals surface area contributed by atoms with Crippen LogP contribution in [0.5, 0.6) is 0 Å². The highest BCUT2D eigenvalue weighted by atomic mass is 16.4. The minimum Gasteiger partial charge on any atom is -0.480 e. The Hall–Kier alpha value is -1.83. The summed E-state index contributed by atoms with van der Waals surface area (Å²) in [5, 5.41) is 11.4. The van der Waals surface area contributed by atoms with E-state index in [1.54, 1.807) is 9.80 Å². The molecule has 1 rings (SSSR count). The Labute approximate surface area is 124 Å². The Morgan fingerprint density at radius 1 is 1.14 bits per heavy atom. The summed E-state index contributed by atoms with van der Waals surface area (Å²) in [5.74, 6) is -1.03. The molecule has 1 fully saturated rings. The number of hydrogen-bond acceptors (Lipinski definition) is 4. The van der Waals surface area contributed by atoms with Crippen LogP contribution in [-0.4, -0.2) is 90.1 Å². The second-order valence-corrected chi connectivity index (χ2v) is 4.91. The number of nitrogens with one attached hydrogen (secondary N) is 1. The van der Waals surface area contributed by atoms with Gasteiger partial charge in [0.2, 0.25) is 5.91 Å². The van der Waals surface area contributed by atoms with E-state index in [4.69, 9.17) is 5.11 Å². The van der Waals surface area contributed by atoms with E-state index in [9.17, 15) is 14.4 Å². The van der Waals surface area contributed by atoms with Crippen molar-refractivity contribution in [2.24, 2.45) is 0 Å². The number of likely N-dealkylation sites (N-methyl/N-ethyl adjacent to an activating group) is 2. The maximum atomic E-state index is 12.3. The zero-order chi connectivity index (χ0) is 15.8. The van der Waals surface area contributed by atoms with Crippen molar-refractivity contribution in [3.05, 3.63) is 0 Å². The third-order valence-corrected chi connectivity index (χ3v) is 3.36. The van der Waals surface area contributed by atoms with Gasteiger partial charge in [0.05, 0.1) is 6.54 Å². The molecule has 3 amide bonds. The molecule has 0 aromatic rings. The molecule has 0 radical (unpaired) electrons. The van der Waals surface area contributed by atoms with Crippen LogP contribution in [0, 0.1) is 0 Å². The molecule has 0 aliphatic carbocycles. The number of aliphatic carboxylic acids is 1. The molecule has 8 nitrogen and oxygen atoms in total. The standard InChI is InChI=1S/C13H24N4O4/c1-3-14-11(18)9-16(4-2)13(21)17-7-5-15(6-8-17)10-12(19)20/h3-10H2,1-2H3,(H,14,18)(H,19,20). The molecule has 0 bridgehead atoms. The SMILES string of the molecule is CCNC(=O)CN(CC)C(=O)N1CCN(CC(=O)O)CC1. The van der Waals surface area contributed by atoms with Crippen molar-refractivity contribution in [1.29, 1.82) is 0 Å². The lowest BCUT2D eigenvalue weighted by atomic mass is 10.3. The fraction of sp³-hybridized carbons (Fsp3) is 0.769. The molecular formula is C13H24N4O4. The summed E-state index contributed by atoms with van der Waals surface area (Å²) in [7, 11) is 0. The molecule has 8 heteroatoms. The molecule has 0 aromatic carbocycles. The molecular weight excluding hydrogens is 276 g/mol. The van der Waals surface area contributed by atoms with Gasteiger partial charge in [-0.3, -0.25) is 14.5 Å². The van der Waals surface area contributed by atoms with E-state index in [-0.39, 0.29) is 25.0 Å². The number of rotatable bonds is 6. The van der Waals surface area contributed by atoms with E-state index in [1.807, 2.05) is 13.8 Å². The van der Waals surface area contributed by atoms with E-state index in [0.29, 0.717) is 39.3 Å². The molecule has 0 spiro atoms. The van der Waals surface area contributed by atoms with Gasteiger partial charge in [-0.15, -0.1) is 0 Å². The van der Waals surface area contributed by atoms with Gasteiger partial charge in [-0.05, 0) is 13.8 Å². The van der Waals surface area contributed by atoms with Crippen molar-refractivity contribution in [3.8, 4) is 0 Å². The average molecular weight is 300 g/mol. The van der Waals surface area contributed by atoms with Gasteiger partial charge in [0, 0.05) is 39.3 Å². The predicted octanol–water partition coefficient (Wildman–Crippen LogP) is -0.733. The van der Waals surface area contributed by atoms with Crippen molar-refractivity contribution >= 4 is 17.9 Å². The molecule has 120 valence electrons. The van der Waals surface area contributed by atoms with E-state index < -0.39 is 5.97 Å². The van der Waals surface area contributed by atoms with Gasteiger partial charge >= 0.3 is 12.0 Å². The van der Waals surface area contributed by atoms with Gasteiger partial charge in [0.15, 0.2) is 0 Å². The Balaban J connectivity index is 2.47. The topological polar surface area (TPSA) is 93.2 Å². The molecule has 1 aliphatic heterocycles. The van der Waals surface area contributed by atoms with Crippen LogP contribution in [0.15, 0.2) is 0 Å². The molecule has 0 unspecified atom stereocenters. The number of nitrogens with zero attached hydrogens (tertiary/aromatic N) is 3. The van der Waals surface area contributed by atoms with Crippen LogP contribution < -0.4 is 5.32 Å². The average Bonchev–Trinajstić information content (AvgIpc) is 2.44. The van der Waals surface area contributed by atoms with E-state index in [0.717, 1.165) is 0 Å². The number of hydrogen-bond donors (Lipinski definition) is 2. The minimum absolute atomic E-state index is 0.00156. The second kappa shape index (κ2) is 8.46. The van der Waals surface area contributed by atoms with Gasteiger partial charge in [-0.2, -0.15) is 0 Å². The van der Waals surface area contributed by atoms with Gasteiger partial charge in [0.25, 0.3) is 0 Å². The summed E-state index contributed by atoms with van der Waals surface area (Å²) < 4.78 is 0. The molecule has 0 aromatic heterocycles. The Morgan fingerprint density at radius 3 is 2.24 bits per heavy atom. The molecule has 2 N–H and O–H groups in total. The van der Waals surface area contributed by atoms with Crippen LogP contribution in [0.25, 0.3) is 0 Å². The highest BCUT2D eigenvalue weighted by molar-refractivity contribution is 5.84. The van der Waals surface area contributed by atoms with Crippen molar-refractivity contribution < 1.29 is 19.5 Å². The third kappa shape index (κ3) is 5.58. The zero-order valence-electron chi connectivity index (χ0n) is 12.7. The largest absolute Gasteiger partial charge is 0.480 e. The van der Waals surface area contributed by atoms with Crippen LogP contribution in [0.3, 0.4) is 0 Å². The summed E-state index contributed by atoms with van der Waals surface area (Å²) in [5.41, 5.74) is 0. The quantitative estimate of drug-likeness (QED) is 0.674. The van der Waals surface area contributed by atoms with Crippen LogP contribution in [0.1, 0.15) is 13.8 Å². The summed E-state index contributed by atoms with van der Waals surface area (Å²) in [6, 6.07) is -0.168. The minimum atomic E-state index is -0.860. The maximum absolute atomic E-state index is 12.3. The molecule has 1 heterocycles. The first-order chi connectivity index (χ1) is 9.97. The van der Waals surface area contributed by atoms with Crippen molar-refractivity contribution in [3.63, 3.8) is 0 Å². The number of carboxylic acids is 1. The lowest BCUT2D eigenvalue weighted by Gasteiger charge is -2.36. The van der Waals surface area contributed by atoms with Crippen LogP contribution in [-0.2, 0) is 9.59 Å². The van der Waals surface area contributed by atoms with Crippen LogP contribution in [0.2, 0.25) is 0 Å². The first-order valence-corrected chi connectivity index (χ1v) is 7.22. The van der Waals surface area contributed by atoms with Crippen molar-refractivity contribution in [2.75, 3.05) is 52.4 Å². The smallest absolute Gasteiger partial charge is 0.320 e. The highest BCUT2D eigenvalue weighted by Crippen LogP contribution is 2.05. The Kier molecular flexibility index (Phi) is 6.93. The van der Waals surface area contributed by atoms with Gasteiger partial charge in [-0.1, -0.05) is 0 Å². The van der Waals surface area contributed by atoms with E-state index in [2.05, 4.69) is 5.32 Å². The van der Waals surface area contributed by atoms with Crippen LogP contribution >= 0.6 is 0 Å². The maximum Gasteiger partial charge on any atom is 0.320 e. The van der Waals surface area contributed by atoms with E-state index in [1.165, 1.54) is 4.90 Å². The van der Waals surface area contributed by atoms with Gasteiger partial charge in [0.1, 0.15) is 6.54 Å². The number of carbonyl (C=O) groups is 3. The third-order valence-electron chi connectivity index (χ3n) is 3.36. The number of urea groups is 1. The normalized spacial score (nSPS) is 15.6. The summed E-state index contributed by atoms with van der Waals surface area (Å²) in [6.45, 7) is 6.76. The Bertz CT molecular complexity index is 380. The molecule has 0 atom stereocenters. The van der Waals surface area contributed by atoms with Gasteiger partial charge in [-0.25, -0.2) is 4.79 Å². The van der Waals surface area contributed by atoms with Crippen molar-refractivity contribution in [2.45, 2.75) is 13.8 Å². The lowest BCUT2D eigenvalue weighted by Crippen LogP contribution is -2.54. The number of piperazine rings is 1. The second-order valence-electron chi connectivity index (χ2n) is 4.91. The van der Waals surface area contributed by atoms with Crippen molar-refractivity contribution in [1.82, 2.24) is 20.0 Å². The molecule has 0 saturated carbocycles. The predicted molar refractivity (Wildman–Crippen MR) is 77.0 cm³/mol. The summed E-state index contributed by atoms with van der Waals surface area (Å²) in [4.78, 5) is 39.5. The van der Waals surface area contributed by atoms with Gasteiger partial charge < -0.3 is 20.2 Å². The fourth-order valence-corrected chi connectivity index (χ4v) is 2.23. The molecule has 21 heavy (non-hydrogen) atoms. The highest BCUT2D eigenvalue weighted by Gasteiger charge is 2.26. The lowest BCUT2D eigenvalue weighted by molar-refractivity contribution is -0.138. The summed E-state index contributed by atoms with van der Waals surface area (Å²) in [6.07, 6.45) is 0.